The molecule has 24 heavy (non-hydrogen) atoms. The summed E-state index contributed by atoms with van der Waals surface area (Å²) in [5.41, 5.74) is 1.39. The first-order chi connectivity index (χ1) is 10.6. The fourth-order valence-corrected chi connectivity index (χ4v) is 2.06. The van der Waals surface area contributed by atoms with Gasteiger partial charge < -0.3 is 14.9 Å². The van der Waals surface area contributed by atoms with Crippen LogP contribution in [-0.2, 0) is 17.8 Å². The van der Waals surface area contributed by atoms with Crippen LogP contribution in [0, 0.1) is 0 Å². The van der Waals surface area contributed by atoms with Gasteiger partial charge in [0.15, 0.2) is 0 Å². The summed E-state index contributed by atoms with van der Waals surface area (Å²) in [6.45, 7) is 0.917. The molecule has 0 saturated heterocycles. The molecule has 0 aliphatic heterocycles. The van der Waals surface area contributed by atoms with Gasteiger partial charge >= 0.3 is 71.1 Å². The van der Waals surface area contributed by atoms with E-state index >= 15 is 0 Å². The van der Waals surface area contributed by atoms with Crippen LogP contribution in [-0.4, -0.2) is 87.9 Å². The fourth-order valence-electron chi connectivity index (χ4n) is 2.06. The van der Waals surface area contributed by atoms with Gasteiger partial charge in [0.05, 0.1) is 24.3 Å². The molecule has 5 nitrogen and oxygen atoms in total. The number of aromatic carboxylic acids is 2. The predicted octanol–water partition coefficient (Wildman–Crippen LogP) is 1.55. The Labute approximate surface area is 184 Å². The normalized spacial score (nSPS) is 9.50. The van der Waals surface area contributed by atoms with E-state index < -0.39 is 11.9 Å². The van der Waals surface area contributed by atoms with E-state index in [1.54, 1.807) is 6.07 Å². The van der Waals surface area contributed by atoms with Gasteiger partial charge in [-0.2, -0.15) is 0 Å². The average molecular weight is 348 g/mol. The van der Waals surface area contributed by atoms with Gasteiger partial charge in [0.25, 0.3) is 0 Å². The van der Waals surface area contributed by atoms with Gasteiger partial charge in [0, 0.05) is 0 Å². The first-order valence-electron chi connectivity index (χ1n) is 6.79. The van der Waals surface area contributed by atoms with E-state index in [1.807, 2.05) is 30.3 Å². The molecule has 0 aromatic heterocycles. The molecule has 0 spiro atoms. The fraction of sp³-hybridized carbons (Fsp3) is 0.176. The maximum atomic E-state index is 11.1. The van der Waals surface area contributed by atoms with Gasteiger partial charge in [0.2, 0.25) is 0 Å². The van der Waals surface area contributed by atoms with Crippen molar-refractivity contribution in [3.63, 3.8) is 0 Å². The molecule has 0 fully saturated rings. The zero-order valence-corrected chi connectivity index (χ0v) is 11.9. The number of hydrogen-bond acceptors (Lipinski definition) is 3. The number of ether oxygens (including phenoxy) is 1. The van der Waals surface area contributed by atoms with Crippen molar-refractivity contribution in [2.45, 2.75) is 13.0 Å². The maximum absolute atomic E-state index is 11.1. The molecular formula is C17H18Na2O5. The molecule has 7 heteroatoms. The van der Waals surface area contributed by atoms with Crippen molar-refractivity contribution >= 4 is 71.1 Å². The Hall–Kier alpha value is -0.660. The van der Waals surface area contributed by atoms with Crippen LogP contribution in [0.3, 0.4) is 0 Å². The van der Waals surface area contributed by atoms with Gasteiger partial charge in [-0.05, 0) is 29.7 Å². The van der Waals surface area contributed by atoms with E-state index in [-0.39, 0.29) is 70.2 Å². The second kappa shape index (κ2) is 11.8. The van der Waals surface area contributed by atoms with Crippen LogP contribution in [0.2, 0.25) is 0 Å². The first-order valence-corrected chi connectivity index (χ1v) is 6.79. The topological polar surface area (TPSA) is 83.8 Å². The predicted molar refractivity (Wildman–Crippen MR) is 94.5 cm³/mol. The molecule has 0 atom stereocenters. The molecule has 0 radical (unpaired) electrons. The van der Waals surface area contributed by atoms with Crippen LogP contribution in [0.15, 0.2) is 48.5 Å². The van der Waals surface area contributed by atoms with E-state index in [4.69, 9.17) is 14.9 Å². The van der Waals surface area contributed by atoms with Gasteiger partial charge in [-0.15, -0.1) is 0 Å². The summed E-state index contributed by atoms with van der Waals surface area (Å²) in [6.07, 6.45) is 0.521. The third-order valence-electron chi connectivity index (χ3n) is 3.19. The zero-order valence-electron chi connectivity index (χ0n) is 11.9. The summed E-state index contributed by atoms with van der Waals surface area (Å²) >= 11 is 0. The van der Waals surface area contributed by atoms with Crippen LogP contribution in [0.25, 0.3) is 0 Å². The Morgan fingerprint density at radius 1 is 0.833 bits per heavy atom. The van der Waals surface area contributed by atoms with E-state index in [2.05, 4.69) is 0 Å². The Morgan fingerprint density at radius 2 is 1.46 bits per heavy atom. The number of carboxylic acid groups (broad SMARTS) is 2. The molecule has 2 aromatic rings. The average Bonchev–Trinajstić information content (AvgIpc) is 2.52. The molecular weight excluding hydrogens is 330 g/mol. The number of hydrogen-bond donors (Lipinski definition) is 2. The van der Waals surface area contributed by atoms with Crippen LogP contribution in [0.4, 0.5) is 0 Å². The molecule has 0 saturated carbocycles. The van der Waals surface area contributed by atoms with Crippen molar-refractivity contribution in [2.24, 2.45) is 0 Å². The number of carbonyl (C=O) groups is 2. The first kappa shape index (κ1) is 23.3. The number of carboxylic acids is 2. The van der Waals surface area contributed by atoms with Crippen LogP contribution >= 0.6 is 0 Å². The van der Waals surface area contributed by atoms with Crippen LogP contribution < -0.4 is 0 Å². The number of rotatable bonds is 7. The Balaban J connectivity index is 0.00000264. The molecule has 0 heterocycles. The minimum atomic E-state index is -1.25. The van der Waals surface area contributed by atoms with Crippen molar-refractivity contribution in [3.05, 3.63) is 70.8 Å². The van der Waals surface area contributed by atoms with E-state index in [0.717, 1.165) is 11.1 Å². The Morgan fingerprint density at radius 3 is 2.04 bits per heavy atom. The van der Waals surface area contributed by atoms with Crippen molar-refractivity contribution in [1.29, 1.82) is 0 Å². The van der Waals surface area contributed by atoms with E-state index in [9.17, 15) is 9.59 Å². The Bertz CT molecular complexity index is 674. The van der Waals surface area contributed by atoms with E-state index in [1.165, 1.54) is 12.1 Å². The summed E-state index contributed by atoms with van der Waals surface area (Å²) < 4.78 is 5.54. The summed E-state index contributed by atoms with van der Waals surface area (Å²) in [4.78, 5) is 22.1. The molecule has 2 aromatic carbocycles. The Kier molecular flexibility index (Phi) is 11.5. The quantitative estimate of drug-likeness (QED) is 0.586. The SMILES string of the molecule is O=C(O)c1ccc(CCOCc2ccccc2)cc1C(=O)O.[NaH].[NaH]. The van der Waals surface area contributed by atoms with Gasteiger partial charge in [-0.25, -0.2) is 9.59 Å². The molecule has 118 valence electrons. The standard InChI is InChI=1S/C17H16O5.2Na.2H/c18-16(19)14-7-6-12(10-15(14)17(20)21)8-9-22-11-13-4-2-1-3-5-13;;;;/h1-7,10H,8-9,11H2,(H,18,19)(H,20,21);;;;. The molecule has 0 aliphatic rings. The summed E-state index contributed by atoms with van der Waals surface area (Å²) in [5.74, 6) is -2.49. The summed E-state index contributed by atoms with van der Waals surface area (Å²) in [5, 5.41) is 18.0. The van der Waals surface area contributed by atoms with Crippen molar-refractivity contribution in [1.82, 2.24) is 0 Å². The third-order valence-corrected chi connectivity index (χ3v) is 3.19. The van der Waals surface area contributed by atoms with Gasteiger partial charge in [-0.3, -0.25) is 0 Å². The molecule has 2 rings (SSSR count). The minimum absolute atomic E-state index is 0. The third kappa shape index (κ3) is 7.07. The molecule has 2 N–H and O–H groups in total. The summed E-state index contributed by atoms with van der Waals surface area (Å²) in [7, 11) is 0. The second-order valence-electron chi connectivity index (χ2n) is 4.78. The van der Waals surface area contributed by atoms with Crippen molar-refractivity contribution in [2.75, 3.05) is 6.61 Å². The van der Waals surface area contributed by atoms with Gasteiger partial charge in [-0.1, -0.05) is 36.4 Å². The molecule has 0 aliphatic carbocycles. The van der Waals surface area contributed by atoms with Crippen LogP contribution in [0.1, 0.15) is 31.8 Å². The second-order valence-corrected chi connectivity index (χ2v) is 4.78. The van der Waals surface area contributed by atoms with Crippen molar-refractivity contribution in [3.8, 4) is 0 Å². The molecule has 0 unspecified atom stereocenters. The summed E-state index contributed by atoms with van der Waals surface area (Å²) in [6, 6.07) is 14.0. The molecule has 0 amide bonds. The van der Waals surface area contributed by atoms with E-state index in [0.29, 0.717) is 19.6 Å². The monoisotopic (exact) mass is 348 g/mol. The van der Waals surface area contributed by atoms with Crippen LogP contribution in [0.5, 0.6) is 0 Å². The number of benzene rings is 2. The molecule has 0 bridgehead atoms. The van der Waals surface area contributed by atoms with Crippen molar-refractivity contribution < 1.29 is 24.5 Å². The zero-order chi connectivity index (χ0) is 15.9. The van der Waals surface area contributed by atoms with Gasteiger partial charge in [0.1, 0.15) is 0 Å².